The molecular weight excluding hydrogens is 362 g/mol. The van der Waals surface area contributed by atoms with Gasteiger partial charge in [0, 0.05) is 42.9 Å². The van der Waals surface area contributed by atoms with Crippen molar-refractivity contribution >= 4 is 29.3 Å². The lowest BCUT2D eigenvalue weighted by atomic mass is 9.91. The summed E-state index contributed by atoms with van der Waals surface area (Å²) in [5.74, 6) is -1.50. The summed E-state index contributed by atoms with van der Waals surface area (Å²) in [7, 11) is 0. The number of carboxylic acids is 1. The maximum absolute atomic E-state index is 12.6. The van der Waals surface area contributed by atoms with Gasteiger partial charge >= 0.3 is 12.0 Å². The molecule has 0 aliphatic carbocycles. The number of para-hydroxylation sites is 1. The first-order valence-corrected chi connectivity index (χ1v) is 8.85. The van der Waals surface area contributed by atoms with Crippen LogP contribution in [0.4, 0.5) is 16.2 Å². The number of hydrogen-bond donors (Lipinski definition) is 4. The monoisotopic (exact) mass is 383 g/mol. The molecule has 1 aliphatic heterocycles. The minimum Gasteiger partial charge on any atom is -0.479 e. The minimum atomic E-state index is -1.77. The number of likely N-dealkylation sites (tertiary alicyclic amines) is 1. The van der Waals surface area contributed by atoms with E-state index in [4.69, 9.17) is 5.11 Å². The molecule has 0 saturated carbocycles. The standard InChI is InChI=1S/C20H21N3O5/c24-17(23-12-10-20(28,11-13-23)18(25)26)14-6-8-16(9-7-14)22-19(27)21-15-4-2-1-3-5-15/h1-9,28H,10-13H2,(H,25,26)(H2,21,22,27). The zero-order valence-corrected chi connectivity index (χ0v) is 15.1. The number of benzene rings is 2. The fourth-order valence-electron chi connectivity index (χ4n) is 2.99. The van der Waals surface area contributed by atoms with Crippen LogP contribution in [0.15, 0.2) is 54.6 Å². The van der Waals surface area contributed by atoms with Crippen molar-refractivity contribution in [2.75, 3.05) is 23.7 Å². The smallest absolute Gasteiger partial charge is 0.335 e. The van der Waals surface area contributed by atoms with Gasteiger partial charge in [0.15, 0.2) is 5.60 Å². The van der Waals surface area contributed by atoms with Crippen molar-refractivity contribution < 1.29 is 24.6 Å². The minimum absolute atomic E-state index is 0.00658. The molecule has 0 radical (unpaired) electrons. The lowest BCUT2D eigenvalue weighted by Crippen LogP contribution is -2.50. The molecule has 3 rings (SSSR count). The quantitative estimate of drug-likeness (QED) is 0.646. The summed E-state index contributed by atoms with van der Waals surface area (Å²) in [6.07, 6.45) is -0.0132. The topological polar surface area (TPSA) is 119 Å². The van der Waals surface area contributed by atoms with Crippen LogP contribution in [-0.4, -0.2) is 51.7 Å². The van der Waals surface area contributed by atoms with Gasteiger partial charge in [-0.25, -0.2) is 9.59 Å². The van der Waals surface area contributed by atoms with Gasteiger partial charge in [0.25, 0.3) is 5.91 Å². The number of amides is 3. The highest BCUT2D eigenvalue weighted by Gasteiger charge is 2.40. The summed E-state index contributed by atoms with van der Waals surface area (Å²) in [6, 6.07) is 15.1. The maximum Gasteiger partial charge on any atom is 0.335 e. The highest BCUT2D eigenvalue weighted by molar-refractivity contribution is 6.00. The number of carboxylic acid groups (broad SMARTS) is 1. The fourth-order valence-corrected chi connectivity index (χ4v) is 2.99. The van der Waals surface area contributed by atoms with E-state index in [-0.39, 0.29) is 31.8 Å². The molecule has 1 saturated heterocycles. The van der Waals surface area contributed by atoms with Crippen molar-refractivity contribution in [1.29, 1.82) is 0 Å². The number of carbonyl (C=O) groups is 3. The van der Waals surface area contributed by atoms with Crippen LogP contribution in [0.2, 0.25) is 0 Å². The first kappa shape index (κ1) is 19.4. The van der Waals surface area contributed by atoms with Gasteiger partial charge in [0.2, 0.25) is 0 Å². The van der Waals surface area contributed by atoms with Gasteiger partial charge in [0.05, 0.1) is 0 Å². The second-order valence-electron chi connectivity index (χ2n) is 6.65. The number of urea groups is 1. The molecule has 1 heterocycles. The SMILES string of the molecule is O=C(Nc1ccccc1)Nc1ccc(C(=O)N2CCC(O)(C(=O)O)CC2)cc1. The van der Waals surface area contributed by atoms with Gasteiger partial charge in [-0.3, -0.25) is 4.79 Å². The van der Waals surface area contributed by atoms with Crippen LogP contribution in [0.1, 0.15) is 23.2 Å². The summed E-state index contributed by atoms with van der Waals surface area (Å²) in [4.78, 5) is 37.1. The molecule has 2 aromatic rings. The van der Waals surface area contributed by atoms with E-state index >= 15 is 0 Å². The van der Waals surface area contributed by atoms with E-state index in [9.17, 15) is 19.5 Å². The van der Waals surface area contributed by atoms with Gasteiger partial charge in [-0.1, -0.05) is 18.2 Å². The third-order valence-electron chi connectivity index (χ3n) is 4.70. The van der Waals surface area contributed by atoms with Crippen LogP contribution in [0, 0.1) is 0 Å². The molecule has 3 amide bonds. The van der Waals surface area contributed by atoms with E-state index in [0.29, 0.717) is 16.9 Å². The molecule has 0 bridgehead atoms. The van der Waals surface area contributed by atoms with Gasteiger partial charge in [0.1, 0.15) is 0 Å². The van der Waals surface area contributed by atoms with E-state index in [2.05, 4.69) is 10.6 Å². The summed E-state index contributed by atoms with van der Waals surface area (Å²) < 4.78 is 0. The highest BCUT2D eigenvalue weighted by Crippen LogP contribution is 2.24. The zero-order valence-electron chi connectivity index (χ0n) is 15.1. The predicted octanol–water partition coefficient (Wildman–Crippen LogP) is 2.38. The third kappa shape index (κ3) is 4.47. The van der Waals surface area contributed by atoms with Gasteiger partial charge in [-0.05, 0) is 36.4 Å². The Morgan fingerprint density at radius 2 is 1.39 bits per heavy atom. The molecule has 0 atom stereocenters. The number of nitrogens with one attached hydrogen (secondary N) is 2. The predicted molar refractivity (Wildman–Crippen MR) is 103 cm³/mol. The number of aliphatic hydroxyl groups is 1. The van der Waals surface area contributed by atoms with Gasteiger partial charge in [-0.2, -0.15) is 0 Å². The first-order valence-electron chi connectivity index (χ1n) is 8.85. The Hall–Kier alpha value is -3.39. The third-order valence-corrected chi connectivity index (χ3v) is 4.70. The van der Waals surface area contributed by atoms with E-state index in [0.717, 1.165) is 0 Å². The summed E-state index contributed by atoms with van der Waals surface area (Å²) >= 11 is 0. The van der Waals surface area contributed by atoms with Crippen molar-refractivity contribution in [3.63, 3.8) is 0 Å². The summed E-state index contributed by atoms with van der Waals surface area (Å²) in [5.41, 5.74) is -0.145. The summed E-state index contributed by atoms with van der Waals surface area (Å²) in [5, 5.41) is 24.4. The Morgan fingerprint density at radius 1 is 0.857 bits per heavy atom. The van der Waals surface area contributed by atoms with E-state index < -0.39 is 17.6 Å². The number of piperidine rings is 1. The van der Waals surface area contributed by atoms with Crippen molar-refractivity contribution in [1.82, 2.24) is 4.90 Å². The van der Waals surface area contributed by atoms with Crippen LogP contribution < -0.4 is 10.6 Å². The Kier molecular flexibility index (Phi) is 5.60. The van der Waals surface area contributed by atoms with Crippen molar-refractivity contribution in [3.05, 3.63) is 60.2 Å². The molecule has 8 nitrogen and oxygen atoms in total. The van der Waals surface area contributed by atoms with Crippen molar-refractivity contribution in [2.24, 2.45) is 0 Å². The van der Waals surface area contributed by atoms with E-state index in [1.165, 1.54) is 4.90 Å². The highest BCUT2D eigenvalue weighted by atomic mass is 16.4. The Labute approximate surface area is 161 Å². The van der Waals surface area contributed by atoms with Crippen LogP contribution >= 0.6 is 0 Å². The average molecular weight is 383 g/mol. The van der Waals surface area contributed by atoms with Gasteiger partial charge < -0.3 is 25.7 Å². The molecule has 28 heavy (non-hydrogen) atoms. The molecule has 146 valence electrons. The number of hydrogen-bond acceptors (Lipinski definition) is 4. The lowest BCUT2D eigenvalue weighted by molar-refractivity contribution is -0.162. The second kappa shape index (κ2) is 8.10. The van der Waals surface area contributed by atoms with E-state index in [1.54, 1.807) is 36.4 Å². The lowest BCUT2D eigenvalue weighted by Gasteiger charge is -2.35. The molecule has 4 N–H and O–H groups in total. The Morgan fingerprint density at radius 3 is 1.93 bits per heavy atom. The molecule has 1 aliphatic rings. The Bertz CT molecular complexity index is 859. The first-order chi connectivity index (χ1) is 13.4. The van der Waals surface area contributed by atoms with Crippen LogP contribution in [0.5, 0.6) is 0 Å². The average Bonchev–Trinajstić information content (AvgIpc) is 2.69. The molecule has 2 aromatic carbocycles. The molecule has 0 aromatic heterocycles. The largest absolute Gasteiger partial charge is 0.479 e. The normalized spacial score (nSPS) is 15.5. The molecule has 8 heteroatoms. The summed E-state index contributed by atoms with van der Waals surface area (Å²) in [6.45, 7) is 0.336. The van der Waals surface area contributed by atoms with Crippen LogP contribution in [0.3, 0.4) is 0 Å². The number of anilines is 2. The zero-order chi connectivity index (χ0) is 20.1. The number of aliphatic carboxylic acids is 1. The Balaban J connectivity index is 1.56. The number of nitrogens with zero attached hydrogens (tertiary/aromatic N) is 1. The van der Waals surface area contributed by atoms with Crippen molar-refractivity contribution in [2.45, 2.75) is 18.4 Å². The van der Waals surface area contributed by atoms with Crippen molar-refractivity contribution in [3.8, 4) is 0 Å². The molecular formula is C20H21N3O5. The van der Waals surface area contributed by atoms with Crippen LogP contribution in [-0.2, 0) is 4.79 Å². The molecule has 0 unspecified atom stereocenters. The maximum atomic E-state index is 12.6. The van der Waals surface area contributed by atoms with E-state index in [1.807, 2.05) is 18.2 Å². The molecule has 0 spiro atoms. The number of rotatable bonds is 4. The van der Waals surface area contributed by atoms with Gasteiger partial charge in [-0.15, -0.1) is 0 Å². The van der Waals surface area contributed by atoms with Crippen LogP contribution in [0.25, 0.3) is 0 Å². The fraction of sp³-hybridized carbons (Fsp3) is 0.250. The number of carbonyl (C=O) groups excluding carboxylic acids is 2. The molecule has 1 fully saturated rings. The second-order valence-corrected chi connectivity index (χ2v) is 6.65.